The van der Waals surface area contributed by atoms with E-state index in [4.69, 9.17) is 9.15 Å². The molecule has 2 aromatic heterocycles. The van der Waals surface area contributed by atoms with Gasteiger partial charge in [0.05, 0.1) is 23.4 Å². The van der Waals surface area contributed by atoms with Crippen LogP contribution >= 0.6 is 27.3 Å². The lowest BCUT2D eigenvalue weighted by Gasteiger charge is -2.06. The molecule has 2 heterocycles. The van der Waals surface area contributed by atoms with Crippen LogP contribution in [0, 0.1) is 13.8 Å². The first kappa shape index (κ1) is 16.6. The van der Waals surface area contributed by atoms with Crippen LogP contribution in [-0.4, -0.2) is 28.2 Å². The molecule has 3 rings (SSSR count). The monoisotopic (exact) mass is 408 g/mol. The number of aryl methyl sites for hydroxylation is 2. The molecule has 0 aliphatic heterocycles. The highest BCUT2D eigenvalue weighted by Crippen LogP contribution is 2.30. The Morgan fingerprint density at radius 3 is 2.79 bits per heavy atom. The Morgan fingerprint density at radius 1 is 1.33 bits per heavy atom. The molecule has 0 aliphatic rings. The first-order chi connectivity index (χ1) is 11.5. The minimum atomic E-state index is -0.381. The highest BCUT2D eigenvalue weighted by atomic mass is 79.9. The van der Waals surface area contributed by atoms with Crippen molar-refractivity contribution in [2.24, 2.45) is 0 Å². The van der Waals surface area contributed by atoms with E-state index in [1.165, 1.54) is 18.4 Å². The fraction of sp³-hybridized carbons (Fsp3) is 0.200. The van der Waals surface area contributed by atoms with E-state index in [1.807, 2.05) is 13.8 Å². The second kappa shape index (κ2) is 6.70. The van der Waals surface area contributed by atoms with Crippen molar-refractivity contribution in [3.63, 3.8) is 0 Å². The normalized spacial score (nSPS) is 10.7. The maximum absolute atomic E-state index is 12.4. The molecule has 124 valence electrons. The average Bonchev–Trinajstić information content (AvgIpc) is 3.13. The number of anilines is 1. The SMILES string of the molecule is COc1ccc(Br)c(C(=O)Nc2nnc(-c3sc(C)nc3C)o2)c1. The van der Waals surface area contributed by atoms with Gasteiger partial charge in [0.1, 0.15) is 10.6 Å². The number of amides is 1. The number of rotatable bonds is 4. The standard InChI is InChI=1S/C15H13BrN4O3S/c1-7-12(24-8(2)17-7)14-19-20-15(23-14)18-13(21)10-6-9(22-3)4-5-11(10)16/h4-6H,1-3H3,(H,18,20,21). The van der Waals surface area contributed by atoms with Gasteiger partial charge in [-0.05, 0) is 48.0 Å². The number of hydrogen-bond acceptors (Lipinski definition) is 7. The zero-order valence-electron chi connectivity index (χ0n) is 13.1. The van der Waals surface area contributed by atoms with Gasteiger partial charge in [-0.1, -0.05) is 5.10 Å². The maximum atomic E-state index is 12.4. The molecule has 1 N–H and O–H groups in total. The number of carbonyl (C=O) groups is 1. The molecular formula is C15H13BrN4O3S. The zero-order chi connectivity index (χ0) is 17.3. The van der Waals surface area contributed by atoms with Gasteiger partial charge in [-0.15, -0.1) is 16.4 Å². The molecule has 0 saturated heterocycles. The van der Waals surface area contributed by atoms with E-state index in [0.717, 1.165) is 15.6 Å². The van der Waals surface area contributed by atoms with Gasteiger partial charge < -0.3 is 9.15 Å². The summed E-state index contributed by atoms with van der Waals surface area (Å²) >= 11 is 4.80. The number of carbonyl (C=O) groups excluding carboxylic acids is 1. The Balaban J connectivity index is 1.82. The molecule has 1 aromatic carbocycles. The summed E-state index contributed by atoms with van der Waals surface area (Å²) in [6.07, 6.45) is 0. The Labute approximate surface area is 150 Å². The van der Waals surface area contributed by atoms with Gasteiger partial charge in [-0.3, -0.25) is 10.1 Å². The van der Waals surface area contributed by atoms with Crippen LogP contribution in [0.3, 0.4) is 0 Å². The quantitative estimate of drug-likeness (QED) is 0.705. The van der Waals surface area contributed by atoms with Crippen molar-refractivity contribution in [2.75, 3.05) is 12.4 Å². The van der Waals surface area contributed by atoms with E-state index >= 15 is 0 Å². The van der Waals surface area contributed by atoms with Crippen molar-refractivity contribution in [3.05, 3.63) is 38.9 Å². The van der Waals surface area contributed by atoms with E-state index in [1.54, 1.807) is 18.2 Å². The zero-order valence-corrected chi connectivity index (χ0v) is 15.5. The largest absolute Gasteiger partial charge is 0.497 e. The lowest BCUT2D eigenvalue weighted by Crippen LogP contribution is -2.13. The van der Waals surface area contributed by atoms with Crippen LogP contribution in [0.5, 0.6) is 5.75 Å². The van der Waals surface area contributed by atoms with Gasteiger partial charge in [0.15, 0.2) is 0 Å². The molecule has 0 radical (unpaired) electrons. The van der Waals surface area contributed by atoms with Crippen LogP contribution in [0.1, 0.15) is 21.1 Å². The Kier molecular flexibility index (Phi) is 4.63. The predicted octanol–water partition coefficient (Wildman–Crippen LogP) is 3.83. The first-order valence-electron chi connectivity index (χ1n) is 6.90. The van der Waals surface area contributed by atoms with Crippen LogP contribution < -0.4 is 10.1 Å². The Bertz CT molecular complexity index is 906. The van der Waals surface area contributed by atoms with Crippen LogP contribution in [0.15, 0.2) is 27.1 Å². The van der Waals surface area contributed by atoms with Crippen molar-refractivity contribution < 1.29 is 13.9 Å². The molecular weight excluding hydrogens is 396 g/mol. The minimum absolute atomic E-state index is 0.0233. The van der Waals surface area contributed by atoms with E-state index < -0.39 is 0 Å². The van der Waals surface area contributed by atoms with Gasteiger partial charge in [-0.25, -0.2) is 4.98 Å². The summed E-state index contributed by atoms with van der Waals surface area (Å²) in [5.41, 5.74) is 1.22. The highest BCUT2D eigenvalue weighted by Gasteiger charge is 2.18. The topological polar surface area (TPSA) is 90.1 Å². The Morgan fingerprint density at radius 2 is 2.12 bits per heavy atom. The molecule has 0 fully saturated rings. The number of benzene rings is 1. The summed E-state index contributed by atoms with van der Waals surface area (Å²) in [7, 11) is 1.54. The molecule has 0 atom stereocenters. The fourth-order valence-corrected chi connectivity index (χ4v) is 3.33. The van der Waals surface area contributed by atoms with Crippen LogP contribution in [0.25, 0.3) is 10.8 Å². The smallest absolute Gasteiger partial charge is 0.322 e. The second-order valence-electron chi connectivity index (χ2n) is 4.86. The van der Waals surface area contributed by atoms with E-state index in [-0.39, 0.29) is 11.9 Å². The summed E-state index contributed by atoms with van der Waals surface area (Å²) in [6, 6.07) is 5.12. The van der Waals surface area contributed by atoms with Crippen molar-refractivity contribution >= 4 is 39.2 Å². The molecule has 0 bridgehead atoms. The van der Waals surface area contributed by atoms with Gasteiger partial charge >= 0.3 is 6.01 Å². The number of methoxy groups -OCH3 is 1. The van der Waals surface area contributed by atoms with Crippen molar-refractivity contribution in [1.82, 2.24) is 15.2 Å². The molecule has 9 heteroatoms. The number of ether oxygens (including phenoxy) is 1. The molecule has 24 heavy (non-hydrogen) atoms. The summed E-state index contributed by atoms with van der Waals surface area (Å²) in [5.74, 6) is 0.525. The third kappa shape index (κ3) is 3.31. The molecule has 0 spiro atoms. The highest BCUT2D eigenvalue weighted by molar-refractivity contribution is 9.10. The second-order valence-corrected chi connectivity index (χ2v) is 6.92. The number of thiazole rings is 1. The van der Waals surface area contributed by atoms with Gasteiger partial charge in [0.25, 0.3) is 11.8 Å². The Hall–Kier alpha value is -2.26. The summed E-state index contributed by atoms with van der Waals surface area (Å²) in [6.45, 7) is 3.77. The van der Waals surface area contributed by atoms with Crippen molar-refractivity contribution in [2.45, 2.75) is 13.8 Å². The van der Waals surface area contributed by atoms with Gasteiger partial charge in [0, 0.05) is 4.47 Å². The van der Waals surface area contributed by atoms with Gasteiger partial charge in [-0.2, -0.15) is 0 Å². The van der Waals surface area contributed by atoms with Crippen LogP contribution in [-0.2, 0) is 0 Å². The third-order valence-corrected chi connectivity index (χ3v) is 4.91. The molecule has 7 nitrogen and oxygen atoms in total. The molecule has 1 amide bonds. The lowest BCUT2D eigenvalue weighted by atomic mass is 10.2. The average molecular weight is 409 g/mol. The summed E-state index contributed by atoms with van der Waals surface area (Å²) in [4.78, 5) is 17.5. The number of nitrogens with one attached hydrogen (secondary N) is 1. The summed E-state index contributed by atoms with van der Waals surface area (Å²) < 4.78 is 11.3. The minimum Gasteiger partial charge on any atom is -0.497 e. The van der Waals surface area contributed by atoms with Gasteiger partial charge in [0.2, 0.25) is 0 Å². The van der Waals surface area contributed by atoms with Crippen LogP contribution in [0.2, 0.25) is 0 Å². The third-order valence-electron chi connectivity index (χ3n) is 3.16. The molecule has 0 aliphatic carbocycles. The number of hydrogen-bond donors (Lipinski definition) is 1. The number of halogens is 1. The lowest BCUT2D eigenvalue weighted by molar-refractivity contribution is 0.102. The maximum Gasteiger partial charge on any atom is 0.322 e. The van der Waals surface area contributed by atoms with E-state index in [0.29, 0.717) is 21.7 Å². The van der Waals surface area contributed by atoms with E-state index in [9.17, 15) is 4.79 Å². The molecule has 0 unspecified atom stereocenters. The van der Waals surface area contributed by atoms with Crippen molar-refractivity contribution in [3.8, 4) is 16.5 Å². The number of aromatic nitrogens is 3. The summed E-state index contributed by atoms with van der Waals surface area (Å²) in [5, 5.41) is 11.3. The molecule has 3 aromatic rings. The number of nitrogens with zero attached hydrogens (tertiary/aromatic N) is 3. The van der Waals surface area contributed by atoms with Crippen LogP contribution in [0.4, 0.5) is 6.01 Å². The fourth-order valence-electron chi connectivity index (χ4n) is 2.07. The first-order valence-corrected chi connectivity index (χ1v) is 8.51. The van der Waals surface area contributed by atoms with E-state index in [2.05, 4.69) is 36.4 Å². The molecule has 0 saturated carbocycles. The predicted molar refractivity (Wildman–Crippen MR) is 93.5 cm³/mol. The van der Waals surface area contributed by atoms with Crippen molar-refractivity contribution in [1.29, 1.82) is 0 Å².